The molecule has 0 aliphatic carbocycles. The monoisotopic (exact) mass is 254 g/mol. The Morgan fingerprint density at radius 2 is 1.94 bits per heavy atom. The number of nitrogens with zero attached hydrogens (tertiary/aromatic N) is 1. The molecule has 17 heavy (non-hydrogen) atoms. The van der Waals surface area contributed by atoms with Crippen LogP contribution in [-0.2, 0) is 6.42 Å². The Labute approximate surface area is 110 Å². The van der Waals surface area contributed by atoms with Gasteiger partial charge in [0.15, 0.2) is 0 Å². The average Bonchev–Trinajstić information content (AvgIpc) is 2.19. The van der Waals surface area contributed by atoms with E-state index in [1.165, 1.54) is 0 Å². The third-order valence-electron chi connectivity index (χ3n) is 2.66. The van der Waals surface area contributed by atoms with Crippen molar-refractivity contribution in [1.82, 2.24) is 0 Å². The quantitative estimate of drug-likeness (QED) is 0.874. The van der Waals surface area contributed by atoms with E-state index in [1.807, 2.05) is 13.0 Å². The van der Waals surface area contributed by atoms with Crippen molar-refractivity contribution in [2.75, 3.05) is 18.5 Å². The van der Waals surface area contributed by atoms with Gasteiger partial charge in [0.2, 0.25) is 0 Å². The maximum Gasteiger partial charge on any atom is 0.0459 e. The van der Waals surface area contributed by atoms with Crippen LogP contribution in [-0.4, -0.2) is 19.6 Å². The molecule has 0 fully saturated rings. The summed E-state index contributed by atoms with van der Waals surface area (Å²) in [4.78, 5) is 2.23. The summed E-state index contributed by atoms with van der Waals surface area (Å²) in [5, 5.41) is 0.815. The third-order valence-corrected chi connectivity index (χ3v) is 3.01. The molecule has 1 rings (SSSR count). The summed E-state index contributed by atoms with van der Waals surface area (Å²) in [5.41, 5.74) is 8.08. The smallest absolute Gasteiger partial charge is 0.0459 e. The van der Waals surface area contributed by atoms with Gasteiger partial charge >= 0.3 is 0 Å². The number of anilines is 1. The highest BCUT2D eigenvalue weighted by molar-refractivity contribution is 6.31. The molecule has 1 atom stereocenters. The molecule has 0 saturated heterocycles. The van der Waals surface area contributed by atoms with Crippen molar-refractivity contribution in [3.63, 3.8) is 0 Å². The lowest BCUT2D eigenvalue weighted by atomic mass is 10.1. The molecule has 1 aromatic rings. The molecule has 1 unspecified atom stereocenters. The average molecular weight is 255 g/mol. The Balaban J connectivity index is 2.81. The highest BCUT2D eigenvalue weighted by atomic mass is 35.5. The Kier molecular flexibility index (Phi) is 5.29. The Hall–Kier alpha value is -0.730. The zero-order chi connectivity index (χ0) is 13.0. The van der Waals surface area contributed by atoms with Gasteiger partial charge in [-0.1, -0.05) is 31.5 Å². The van der Waals surface area contributed by atoms with Crippen molar-refractivity contribution in [2.45, 2.75) is 33.2 Å². The minimum Gasteiger partial charge on any atom is -0.374 e. The predicted octanol–water partition coefficient (Wildman–Crippen LogP) is 3.32. The minimum atomic E-state index is 0.145. The summed E-state index contributed by atoms with van der Waals surface area (Å²) >= 11 is 6.27. The molecule has 0 amide bonds. The van der Waals surface area contributed by atoms with Gasteiger partial charge in [-0.15, -0.1) is 0 Å². The molecule has 2 N–H and O–H groups in total. The highest BCUT2D eigenvalue weighted by Gasteiger charge is 2.08. The van der Waals surface area contributed by atoms with E-state index in [9.17, 15) is 0 Å². The van der Waals surface area contributed by atoms with Crippen molar-refractivity contribution in [2.24, 2.45) is 11.7 Å². The summed E-state index contributed by atoms with van der Waals surface area (Å²) in [7, 11) is 2.09. The van der Waals surface area contributed by atoms with Crippen molar-refractivity contribution in [3.05, 3.63) is 28.8 Å². The van der Waals surface area contributed by atoms with Crippen LogP contribution in [0.3, 0.4) is 0 Å². The number of hydrogen-bond donors (Lipinski definition) is 1. The first kappa shape index (κ1) is 14.3. The normalized spacial score (nSPS) is 12.9. The summed E-state index contributed by atoms with van der Waals surface area (Å²) in [6, 6.07) is 6.37. The lowest BCUT2D eigenvalue weighted by Gasteiger charge is -2.22. The molecule has 0 bridgehead atoms. The van der Waals surface area contributed by atoms with Gasteiger partial charge in [-0.3, -0.25) is 0 Å². The summed E-state index contributed by atoms with van der Waals surface area (Å²) in [6.07, 6.45) is 0.826. The van der Waals surface area contributed by atoms with E-state index in [4.69, 9.17) is 17.3 Å². The van der Waals surface area contributed by atoms with Gasteiger partial charge in [-0.2, -0.15) is 0 Å². The van der Waals surface area contributed by atoms with E-state index in [2.05, 4.69) is 37.9 Å². The maximum atomic E-state index is 6.27. The molecule has 0 spiro atoms. The Morgan fingerprint density at radius 1 is 1.29 bits per heavy atom. The predicted molar refractivity (Wildman–Crippen MR) is 76.9 cm³/mol. The maximum absolute atomic E-state index is 6.27. The fourth-order valence-corrected chi connectivity index (χ4v) is 2.19. The zero-order valence-electron chi connectivity index (χ0n) is 11.2. The van der Waals surface area contributed by atoms with Crippen molar-refractivity contribution >= 4 is 17.3 Å². The molecular formula is C14H23ClN2. The van der Waals surface area contributed by atoms with Gasteiger partial charge in [0.25, 0.3) is 0 Å². The van der Waals surface area contributed by atoms with Crippen molar-refractivity contribution in [1.29, 1.82) is 0 Å². The van der Waals surface area contributed by atoms with Gasteiger partial charge in [-0.25, -0.2) is 0 Å². The molecule has 0 saturated carbocycles. The molecule has 0 radical (unpaired) electrons. The highest BCUT2D eigenvalue weighted by Crippen LogP contribution is 2.24. The first-order chi connectivity index (χ1) is 7.90. The van der Waals surface area contributed by atoms with E-state index < -0.39 is 0 Å². The first-order valence-corrected chi connectivity index (χ1v) is 6.53. The summed E-state index contributed by atoms with van der Waals surface area (Å²) in [6.45, 7) is 7.45. The van der Waals surface area contributed by atoms with Crippen LogP contribution in [0.4, 0.5) is 5.69 Å². The number of nitrogens with two attached hydrogens (primary N) is 1. The number of benzene rings is 1. The molecule has 96 valence electrons. The van der Waals surface area contributed by atoms with Gasteiger partial charge in [0.05, 0.1) is 0 Å². The SMILES string of the molecule is CC(C)CN(C)c1ccc(CC(C)N)c(Cl)c1. The van der Waals surface area contributed by atoms with Crippen molar-refractivity contribution < 1.29 is 0 Å². The van der Waals surface area contributed by atoms with Crippen LogP contribution in [0.25, 0.3) is 0 Å². The van der Waals surface area contributed by atoms with Gasteiger partial charge in [0, 0.05) is 30.3 Å². The third kappa shape index (κ3) is 4.57. The number of halogens is 1. The second-order valence-corrected chi connectivity index (χ2v) is 5.64. The van der Waals surface area contributed by atoms with Gasteiger partial charge in [-0.05, 0) is 37.0 Å². The van der Waals surface area contributed by atoms with Crippen LogP contribution >= 0.6 is 11.6 Å². The largest absolute Gasteiger partial charge is 0.374 e. The van der Waals surface area contributed by atoms with Gasteiger partial charge in [0.1, 0.15) is 0 Å². The van der Waals surface area contributed by atoms with Crippen LogP contribution in [0.5, 0.6) is 0 Å². The molecule has 0 aliphatic heterocycles. The number of rotatable bonds is 5. The molecular weight excluding hydrogens is 232 g/mol. The molecule has 0 aromatic heterocycles. The van der Waals surface area contributed by atoms with Crippen LogP contribution in [0.1, 0.15) is 26.3 Å². The first-order valence-electron chi connectivity index (χ1n) is 6.15. The van der Waals surface area contributed by atoms with Crippen LogP contribution in [0, 0.1) is 5.92 Å². The van der Waals surface area contributed by atoms with Crippen LogP contribution < -0.4 is 10.6 Å². The van der Waals surface area contributed by atoms with Crippen molar-refractivity contribution in [3.8, 4) is 0 Å². The lowest BCUT2D eigenvalue weighted by molar-refractivity contribution is 0.638. The van der Waals surface area contributed by atoms with E-state index in [0.717, 1.165) is 29.2 Å². The molecule has 3 heteroatoms. The molecule has 1 aromatic carbocycles. The van der Waals surface area contributed by atoms with E-state index in [-0.39, 0.29) is 6.04 Å². The molecule has 2 nitrogen and oxygen atoms in total. The molecule has 0 aliphatic rings. The topological polar surface area (TPSA) is 29.3 Å². The summed E-state index contributed by atoms with van der Waals surface area (Å²) < 4.78 is 0. The Bertz CT molecular complexity index is 361. The Morgan fingerprint density at radius 3 is 2.41 bits per heavy atom. The number of hydrogen-bond acceptors (Lipinski definition) is 2. The minimum absolute atomic E-state index is 0.145. The van der Waals surface area contributed by atoms with Crippen LogP contribution in [0.2, 0.25) is 5.02 Å². The van der Waals surface area contributed by atoms with E-state index in [1.54, 1.807) is 0 Å². The van der Waals surface area contributed by atoms with Gasteiger partial charge < -0.3 is 10.6 Å². The fourth-order valence-electron chi connectivity index (χ4n) is 1.94. The van der Waals surface area contributed by atoms with E-state index >= 15 is 0 Å². The standard InChI is InChI=1S/C14H23ClN2/c1-10(2)9-17(4)13-6-5-12(7-11(3)16)14(15)8-13/h5-6,8,10-11H,7,9,16H2,1-4H3. The second-order valence-electron chi connectivity index (χ2n) is 5.23. The summed E-state index contributed by atoms with van der Waals surface area (Å²) in [5.74, 6) is 0.641. The fraction of sp³-hybridized carbons (Fsp3) is 0.571. The van der Waals surface area contributed by atoms with E-state index in [0.29, 0.717) is 5.92 Å². The zero-order valence-corrected chi connectivity index (χ0v) is 12.0. The lowest BCUT2D eigenvalue weighted by Crippen LogP contribution is -2.22. The second kappa shape index (κ2) is 6.27. The molecule has 0 heterocycles. The van der Waals surface area contributed by atoms with Crippen LogP contribution in [0.15, 0.2) is 18.2 Å².